The molecule has 12 heavy (non-hydrogen) atoms. The molecular weight excluding hydrogens is 151 g/mol. The van der Waals surface area contributed by atoms with Gasteiger partial charge in [0.15, 0.2) is 0 Å². The van der Waals surface area contributed by atoms with Crippen LogP contribution in [0.25, 0.3) is 0 Å². The standard InChI is InChI=1S/C9H17BO2/c11-10(12)8-4-7-9-5-2-1-3-6-9/h4,8-9,11-12H,1-3,5-7H2/b8-4+. The molecule has 3 heteroatoms. The molecule has 1 aliphatic carbocycles. The van der Waals surface area contributed by atoms with Crippen molar-refractivity contribution in [2.45, 2.75) is 38.5 Å². The van der Waals surface area contributed by atoms with Crippen molar-refractivity contribution in [1.82, 2.24) is 0 Å². The van der Waals surface area contributed by atoms with Gasteiger partial charge in [-0.05, 0) is 12.3 Å². The summed E-state index contributed by atoms with van der Waals surface area (Å²) in [5, 5.41) is 17.1. The van der Waals surface area contributed by atoms with E-state index in [4.69, 9.17) is 10.0 Å². The number of allylic oxidation sites excluding steroid dienone is 1. The van der Waals surface area contributed by atoms with E-state index in [1.807, 2.05) is 6.08 Å². The summed E-state index contributed by atoms with van der Waals surface area (Å²) in [7, 11) is -1.27. The monoisotopic (exact) mass is 168 g/mol. The molecule has 0 heterocycles. The van der Waals surface area contributed by atoms with Crippen molar-refractivity contribution in [3.05, 3.63) is 12.1 Å². The summed E-state index contributed by atoms with van der Waals surface area (Å²) in [5.74, 6) is 2.24. The molecule has 0 radical (unpaired) electrons. The van der Waals surface area contributed by atoms with Crippen molar-refractivity contribution in [3.63, 3.8) is 0 Å². The van der Waals surface area contributed by atoms with E-state index in [0.29, 0.717) is 0 Å². The zero-order valence-corrected chi connectivity index (χ0v) is 7.45. The molecule has 1 aliphatic rings. The van der Waals surface area contributed by atoms with Gasteiger partial charge in [-0.2, -0.15) is 0 Å². The van der Waals surface area contributed by atoms with Gasteiger partial charge in [-0.15, -0.1) is 0 Å². The van der Waals surface area contributed by atoms with Gasteiger partial charge < -0.3 is 10.0 Å². The minimum absolute atomic E-state index is 0.786. The zero-order chi connectivity index (χ0) is 8.81. The average molecular weight is 168 g/mol. The second-order valence-electron chi connectivity index (χ2n) is 3.58. The Morgan fingerprint density at radius 2 is 1.83 bits per heavy atom. The summed E-state index contributed by atoms with van der Waals surface area (Å²) in [6.45, 7) is 0. The molecule has 0 aromatic carbocycles. The van der Waals surface area contributed by atoms with Crippen LogP contribution < -0.4 is 0 Å². The van der Waals surface area contributed by atoms with Crippen LogP contribution in [0.1, 0.15) is 38.5 Å². The van der Waals surface area contributed by atoms with Crippen LogP contribution in [-0.2, 0) is 0 Å². The number of hydrogen-bond acceptors (Lipinski definition) is 2. The third-order valence-electron chi connectivity index (χ3n) is 2.50. The molecule has 1 rings (SSSR count). The van der Waals surface area contributed by atoms with Gasteiger partial charge in [-0.25, -0.2) is 0 Å². The fourth-order valence-electron chi connectivity index (χ4n) is 1.82. The maximum atomic E-state index is 8.55. The lowest BCUT2D eigenvalue weighted by Gasteiger charge is -2.19. The molecule has 1 saturated carbocycles. The molecule has 0 bridgehead atoms. The van der Waals surface area contributed by atoms with Crippen LogP contribution in [0.2, 0.25) is 0 Å². The lowest BCUT2D eigenvalue weighted by molar-refractivity contribution is 0.361. The van der Waals surface area contributed by atoms with Crippen molar-refractivity contribution in [3.8, 4) is 0 Å². The van der Waals surface area contributed by atoms with E-state index in [1.54, 1.807) is 0 Å². The Labute approximate surface area is 74.4 Å². The topological polar surface area (TPSA) is 40.5 Å². The molecule has 0 amide bonds. The van der Waals surface area contributed by atoms with Gasteiger partial charge in [0.05, 0.1) is 0 Å². The van der Waals surface area contributed by atoms with Crippen LogP contribution in [-0.4, -0.2) is 17.2 Å². The molecule has 2 N–H and O–H groups in total. The SMILES string of the molecule is OB(O)/C=C/CC1CCCCC1. The highest BCUT2D eigenvalue weighted by Crippen LogP contribution is 2.26. The predicted octanol–water partition coefficient (Wildman–Crippen LogP) is 1.52. The molecule has 0 atom stereocenters. The molecule has 1 fully saturated rings. The van der Waals surface area contributed by atoms with E-state index in [1.165, 1.54) is 38.1 Å². The Morgan fingerprint density at radius 3 is 2.42 bits per heavy atom. The van der Waals surface area contributed by atoms with E-state index in [-0.39, 0.29) is 0 Å². The van der Waals surface area contributed by atoms with Crippen LogP contribution in [0.3, 0.4) is 0 Å². The summed E-state index contributed by atoms with van der Waals surface area (Å²) < 4.78 is 0. The van der Waals surface area contributed by atoms with Crippen molar-refractivity contribution < 1.29 is 10.0 Å². The molecule has 68 valence electrons. The maximum absolute atomic E-state index is 8.55. The van der Waals surface area contributed by atoms with E-state index >= 15 is 0 Å². The molecule has 0 aliphatic heterocycles. The minimum Gasteiger partial charge on any atom is -0.424 e. The van der Waals surface area contributed by atoms with Crippen LogP contribution >= 0.6 is 0 Å². The van der Waals surface area contributed by atoms with Crippen LogP contribution in [0.5, 0.6) is 0 Å². The maximum Gasteiger partial charge on any atom is 0.480 e. The van der Waals surface area contributed by atoms with Gasteiger partial charge in [0.25, 0.3) is 0 Å². The average Bonchev–Trinajstić information content (AvgIpc) is 2.05. The third kappa shape index (κ3) is 3.93. The summed E-state index contributed by atoms with van der Waals surface area (Å²) in [6.07, 6.45) is 9.60. The second kappa shape index (κ2) is 5.38. The zero-order valence-electron chi connectivity index (χ0n) is 7.45. The van der Waals surface area contributed by atoms with Crippen molar-refractivity contribution in [2.75, 3.05) is 0 Å². The summed E-state index contributed by atoms with van der Waals surface area (Å²) in [5.41, 5.74) is 0. The van der Waals surface area contributed by atoms with Gasteiger partial charge in [-0.1, -0.05) is 44.2 Å². The first-order chi connectivity index (χ1) is 5.79. The molecule has 0 saturated heterocycles. The quantitative estimate of drug-likeness (QED) is 0.627. The van der Waals surface area contributed by atoms with Gasteiger partial charge in [0.2, 0.25) is 0 Å². The fourth-order valence-corrected chi connectivity index (χ4v) is 1.82. The summed E-state index contributed by atoms with van der Waals surface area (Å²) in [4.78, 5) is 0. The lowest BCUT2D eigenvalue weighted by Crippen LogP contribution is -2.08. The van der Waals surface area contributed by atoms with Crippen molar-refractivity contribution in [1.29, 1.82) is 0 Å². The summed E-state index contributed by atoms with van der Waals surface area (Å²) in [6, 6.07) is 0. The van der Waals surface area contributed by atoms with Gasteiger partial charge in [0.1, 0.15) is 0 Å². The van der Waals surface area contributed by atoms with E-state index in [2.05, 4.69) is 0 Å². The molecule has 2 nitrogen and oxygen atoms in total. The van der Waals surface area contributed by atoms with Gasteiger partial charge >= 0.3 is 7.12 Å². The normalized spacial score (nSPS) is 20.2. The number of hydrogen-bond donors (Lipinski definition) is 2. The second-order valence-corrected chi connectivity index (χ2v) is 3.58. The third-order valence-corrected chi connectivity index (χ3v) is 2.50. The van der Waals surface area contributed by atoms with E-state index in [9.17, 15) is 0 Å². The molecule has 0 spiro atoms. The van der Waals surface area contributed by atoms with Crippen LogP contribution in [0.15, 0.2) is 12.1 Å². The Balaban J connectivity index is 2.12. The molecule has 0 unspecified atom stereocenters. The van der Waals surface area contributed by atoms with Crippen LogP contribution in [0, 0.1) is 5.92 Å². The molecular formula is C9H17BO2. The molecule has 0 aromatic rings. The highest BCUT2D eigenvalue weighted by Gasteiger charge is 2.11. The van der Waals surface area contributed by atoms with Gasteiger partial charge in [-0.3, -0.25) is 0 Å². The smallest absolute Gasteiger partial charge is 0.424 e. The summed E-state index contributed by atoms with van der Waals surface area (Å²) >= 11 is 0. The highest BCUT2D eigenvalue weighted by atomic mass is 16.4. The van der Waals surface area contributed by atoms with Crippen molar-refractivity contribution >= 4 is 7.12 Å². The molecule has 0 aromatic heterocycles. The Morgan fingerprint density at radius 1 is 1.17 bits per heavy atom. The van der Waals surface area contributed by atoms with E-state index in [0.717, 1.165) is 12.3 Å². The van der Waals surface area contributed by atoms with Crippen molar-refractivity contribution in [2.24, 2.45) is 5.92 Å². The number of rotatable bonds is 3. The largest absolute Gasteiger partial charge is 0.480 e. The first-order valence-electron chi connectivity index (χ1n) is 4.82. The van der Waals surface area contributed by atoms with Gasteiger partial charge in [0, 0.05) is 0 Å². The fraction of sp³-hybridized carbons (Fsp3) is 0.778. The minimum atomic E-state index is -1.27. The first-order valence-corrected chi connectivity index (χ1v) is 4.82. The Hall–Kier alpha value is -0.275. The lowest BCUT2D eigenvalue weighted by atomic mass is 9.84. The predicted molar refractivity (Wildman–Crippen MR) is 50.5 cm³/mol. The van der Waals surface area contributed by atoms with E-state index < -0.39 is 7.12 Å². The first kappa shape index (κ1) is 9.81. The van der Waals surface area contributed by atoms with Crippen LogP contribution in [0.4, 0.5) is 0 Å². The Kier molecular flexibility index (Phi) is 4.40. The Bertz CT molecular complexity index is 139. The highest BCUT2D eigenvalue weighted by molar-refractivity contribution is 6.47.